The van der Waals surface area contributed by atoms with Gasteiger partial charge in [-0.2, -0.15) is 5.10 Å². The van der Waals surface area contributed by atoms with E-state index in [9.17, 15) is 4.79 Å². The summed E-state index contributed by atoms with van der Waals surface area (Å²) in [6, 6.07) is 7.92. The number of amides is 1. The fourth-order valence-electron chi connectivity index (χ4n) is 3.33. The third-order valence-corrected chi connectivity index (χ3v) is 4.45. The number of carbonyl (C=O) groups excluding carboxylic acids is 1. The summed E-state index contributed by atoms with van der Waals surface area (Å²) in [5.74, 6) is 0.132. The molecule has 3 aromatic heterocycles. The predicted octanol–water partition coefficient (Wildman–Crippen LogP) is 2.35. The zero-order valence-corrected chi connectivity index (χ0v) is 12.9. The average molecular weight is 309 g/mol. The number of nitrogens with one attached hydrogen (secondary N) is 1. The fourth-order valence-corrected chi connectivity index (χ4v) is 3.33. The van der Waals surface area contributed by atoms with Crippen LogP contribution >= 0.6 is 0 Å². The molecule has 118 valence electrons. The van der Waals surface area contributed by atoms with Crippen molar-refractivity contribution in [3.63, 3.8) is 0 Å². The molecular formula is C17H19N5O. The van der Waals surface area contributed by atoms with Gasteiger partial charge in [0.2, 0.25) is 5.91 Å². The van der Waals surface area contributed by atoms with Gasteiger partial charge in [0.05, 0.1) is 23.9 Å². The first-order valence-corrected chi connectivity index (χ1v) is 8.02. The number of likely N-dealkylation sites (tertiary alicyclic amines) is 1. The number of piperidine rings is 1. The van der Waals surface area contributed by atoms with Gasteiger partial charge in [0.15, 0.2) is 0 Å². The molecule has 0 bridgehead atoms. The standard InChI is InChI=1S/C17H19N5O/c23-17(11-13-12-21-9-3-2-6-16(21)19-13)22-10-4-1-5-15(22)14-7-8-18-20-14/h2-3,6-9,12,15H,1,4-5,10-11H2,(H,18,20). The van der Waals surface area contributed by atoms with E-state index >= 15 is 0 Å². The topological polar surface area (TPSA) is 66.3 Å². The Labute approximate surface area is 134 Å². The highest BCUT2D eigenvalue weighted by molar-refractivity contribution is 5.79. The quantitative estimate of drug-likeness (QED) is 0.807. The van der Waals surface area contributed by atoms with Crippen LogP contribution in [0.3, 0.4) is 0 Å². The Morgan fingerprint density at radius 1 is 1.30 bits per heavy atom. The maximum atomic E-state index is 12.8. The van der Waals surface area contributed by atoms with Crippen molar-refractivity contribution >= 4 is 11.6 Å². The molecule has 1 aliphatic rings. The molecule has 1 amide bonds. The van der Waals surface area contributed by atoms with Gasteiger partial charge < -0.3 is 9.30 Å². The Morgan fingerprint density at radius 2 is 2.26 bits per heavy atom. The smallest absolute Gasteiger partial charge is 0.229 e. The van der Waals surface area contributed by atoms with Crippen molar-refractivity contribution in [2.75, 3.05) is 6.54 Å². The molecule has 1 aliphatic heterocycles. The van der Waals surface area contributed by atoms with E-state index in [0.717, 1.165) is 42.8 Å². The number of hydrogen-bond acceptors (Lipinski definition) is 3. The first-order valence-electron chi connectivity index (χ1n) is 8.02. The van der Waals surface area contributed by atoms with Gasteiger partial charge in [-0.05, 0) is 37.5 Å². The summed E-state index contributed by atoms with van der Waals surface area (Å²) in [5.41, 5.74) is 2.71. The second-order valence-electron chi connectivity index (χ2n) is 5.99. The van der Waals surface area contributed by atoms with Crippen molar-refractivity contribution in [3.8, 4) is 0 Å². The predicted molar refractivity (Wildman–Crippen MR) is 85.8 cm³/mol. The van der Waals surface area contributed by atoms with E-state index < -0.39 is 0 Å². The van der Waals surface area contributed by atoms with Gasteiger partial charge in [-0.1, -0.05) is 6.07 Å². The lowest BCUT2D eigenvalue weighted by Crippen LogP contribution is -2.39. The highest BCUT2D eigenvalue weighted by atomic mass is 16.2. The molecule has 0 radical (unpaired) electrons. The average Bonchev–Trinajstić information content (AvgIpc) is 3.24. The van der Waals surface area contributed by atoms with Crippen LogP contribution in [0.5, 0.6) is 0 Å². The number of nitrogens with zero attached hydrogens (tertiary/aromatic N) is 4. The number of fused-ring (bicyclic) bond motifs is 1. The lowest BCUT2D eigenvalue weighted by atomic mass is 9.99. The summed E-state index contributed by atoms with van der Waals surface area (Å²) in [4.78, 5) is 19.3. The Kier molecular flexibility index (Phi) is 3.57. The molecule has 1 N–H and O–H groups in total. The minimum Gasteiger partial charge on any atom is -0.334 e. The first-order chi connectivity index (χ1) is 11.3. The summed E-state index contributed by atoms with van der Waals surface area (Å²) in [6.07, 6.45) is 9.15. The van der Waals surface area contributed by atoms with Crippen LogP contribution in [-0.4, -0.2) is 36.9 Å². The van der Waals surface area contributed by atoms with E-state index in [1.165, 1.54) is 0 Å². The van der Waals surface area contributed by atoms with E-state index in [-0.39, 0.29) is 11.9 Å². The molecule has 1 atom stereocenters. The largest absolute Gasteiger partial charge is 0.334 e. The third-order valence-electron chi connectivity index (χ3n) is 4.45. The van der Waals surface area contributed by atoms with Crippen LogP contribution < -0.4 is 0 Å². The lowest BCUT2D eigenvalue weighted by molar-refractivity contribution is -0.134. The summed E-state index contributed by atoms with van der Waals surface area (Å²) in [6.45, 7) is 0.801. The minimum absolute atomic E-state index is 0.107. The number of aromatic amines is 1. The molecule has 3 aromatic rings. The van der Waals surface area contributed by atoms with Crippen LogP contribution in [0.25, 0.3) is 5.65 Å². The number of imidazole rings is 1. The molecule has 6 heteroatoms. The molecule has 6 nitrogen and oxygen atoms in total. The number of pyridine rings is 1. The fraction of sp³-hybridized carbons (Fsp3) is 0.353. The zero-order chi connectivity index (χ0) is 15.6. The Morgan fingerprint density at radius 3 is 3.09 bits per heavy atom. The highest BCUT2D eigenvalue weighted by Gasteiger charge is 2.29. The Hall–Kier alpha value is -2.63. The summed E-state index contributed by atoms with van der Waals surface area (Å²) in [7, 11) is 0. The van der Waals surface area contributed by atoms with Gasteiger partial charge in [0.1, 0.15) is 5.65 Å². The van der Waals surface area contributed by atoms with Crippen LogP contribution in [0.15, 0.2) is 42.9 Å². The van der Waals surface area contributed by atoms with Crippen molar-refractivity contribution < 1.29 is 4.79 Å². The molecule has 0 saturated carbocycles. The molecule has 4 rings (SSSR count). The second-order valence-corrected chi connectivity index (χ2v) is 5.99. The van der Waals surface area contributed by atoms with Gasteiger partial charge >= 0.3 is 0 Å². The summed E-state index contributed by atoms with van der Waals surface area (Å²) < 4.78 is 1.95. The normalized spacial score (nSPS) is 18.4. The highest BCUT2D eigenvalue weighted by Crippen LogP contribution is 2.30. The maximum Gasteiger partial charge on any atom is 0.229 e. The van der Waals surface area contributed by atoms with E-state index in [1.807, 2.05) is 46.0 Å². The molecular weight excluding hydrogens is 290 g/mol. The number of aromatic nitrogens is 4. The van der Waals surface area contributed by atoms with Crippen molar-refractivity contribution in [2.45, 2.75) is 31.7 Å². The molecule has 0 aliphatic carbocycles. The van der Waals surface area contributed by atoms with Crippen LogP contribution in [-0.2, 0) is 11.2 Å². The lowest BCUT2D eigenvalue weighted by Gasteiger charge is -2.35. The van der Waals surface area contributed by atoms with Crippen LogP contribution in [0.1, 0.15) is 36.7 Å². The van der Waals surface area contributed by atoms with Crippen molar-refractivity contribution in [1.82, 2.24) is 24.5 Å². The second kappa shape index (κ2) is 5.87. The first kappa shape index (κ1) is 14.0. The number of carbonyl (C=O) groups is 1. The number of H-pyrrole nitrogens is 1. The van der Waals surface area contributed by atoms with Crippen molar-refractivity contribution in [3.05, 3.63) is 54.2 Å². The van der Waals surface area contributed by atoms with E-state index in [0.29, 0.717) is 6.42 Å². The van der Waals surface area contributed by atoms with Gasteiger partial charge in [-0.3, -0.25) is 9.89 Å². The minimum atomic E-state index is 0.107. The monoisotopic (exact) mass is 309 g/mol. The van der Waals surface area contributed by atoms with Crippen LogP contribution in [0.4, 0.5) is 0 Å². The molecule has 0 spiro atoms. The van der Waals surface area contributed by atoms with Gasteiger partial charge in [0, 0.05) is 25.1 Å². The zero-order valence-electron chi connectivity index (χ0n) is 12.9. The summed E-state index contributed by atoms with van der Waals surface area (Å²) in [5, 5.41) is 7.04. The van der Waals surface area contributed by atoms with Crippen LogP contribution in [0, 0.1) is 0 Å². The SMILES string of the molecule is O=C(Cc1cn2ccccc2n1)N1CCCCC1c1ccn[nH]1. The molecule has 1 saturated heterocycles. The number of rotatable bonds is 3. The molecule has 4 heterocycles. The van der Waals surface area contributed by atoms with Crippen molar-refractivity contribution in [1.29, 1.82) is 0 Å². The van der Waals surface area contributed by atoms with E-state index in [4.69, 9.17) is 0 Å². The molecule has 1 fully saturated rings. The van der Waals surface area contributed by atoms with E-state index in [1.54, 1.807) is 6.20 Å². The van der Waals surface area contributed by atoms with Gasteiger partial charge in [-0.25, -0.2) is 4.98 Å². The van der Waals surface area contributed by atoms with E-state index in [2.05, 4.69) is 15.2 Å². The molecule has 23 heavy (non-hydrogen) atoms. The number of hydrogen-bond donors (Lipinski definition) is 1. The van der Waals surface area contributed by atoms with Gasteiger partial charge in [-0.15, -0.1) is 0 Å². The Bertz CT molecular complexity index is 774. The van der Waals surface area contributed by atoms with Gasteiger partial charge in [0.25, 0.3) is 0 Å². The molecule has 0 aromatic carbocycles. The van der Waals surface area contributed by atoms with Crippen LogP contribution in [0.2, 0.25) is 0 Å². The maximum absolute atomic E-state index is 12.8. The Balaban J connectivity index is 1.54. The molecule has 1 unspecified atom stereocenters. The van der Waals surface area contributed by atoms with Crippen molar-refractivity contribution in [2.24, 2.45) is 0 Å². The summed E-state index contributed by atoms with van der Waals surface area (Å²) >= 11 is 0. The third kappa shape index (κ3) is 2.72.